The highest BCUT2D eigenvalue weighted by atomic mass is 16.5. The summed E-state index contributed by atoms with van der Waals surface area (Å²) in [6.45, 7) is 5.00. The molecule has 2 aromatic heterocycles. The van der Waals surface area contributed by atoms with Gasteiger partial charge in [-0.05, 0) is 32.8 Å². The van der Waals surface area contributed by atoms with Gasteiger partial charge in [-0.2, -0.15) is 5.10 Å². The molecule has 1 fully saturated rings. The number of rotatable bonds is 4. The summed E-state index contributed by atoms with van der Waals surface area (Å²) in [4.78, 5) is 13.0. The third-order valence-electron chi connectivity index (χ3n) is 4.82. The Balaban J connectivity index is 1.58. The second-order valence-corrected chi connectivity index (χ2v) is 6.93. The molecule has 0 radical (unpaired) electrons. The summed E-state index contributed by atoms with van der Waals surface area (Å²) in [6, 6.07) is 1.97. The van der Waals surface area contributed by atoms with Crippen LogP contribution in [-0.4, -0.2) is 37.1 Å². The first-order valence-electron chi connectivity index (χ1n) is 8.29. The van der Waals surface area contributed by atoms with Crippen LogP contribution in [0.4, 0.5) is 0 Å². The predicted molar refractivity (Wildman–Crippen MR) is 85.1 cm³/mol. The maximum Gasteiger partial charge on any atom is 0.248 e. The van der Waals surface area contributed by atoms with Crippen molar-refractivity contribution >= 4 is 5.91 Å². The first-order valence-corrected chi connectivity index (χ1v) is 8.29. The Morgan fingerprint density at radius 3 is 2.92 bits per heavy atom. The lowest BCUT2D eigenvalue weighted by atomic mass is 9.99. The molecule has 0 bridgehead atoms. The molecule has 1 aliphatic heterocycles. The molecule has 8 nitrogen and oxygen atoms in total. The van der Waals surface area contributed by atoms with Crippen LogP contribution in [-0.2, 0) is 35.3 Å². The van der Waals surface area contributed by atoms with Gasteiger partial charge in [-0.15, -0.1) is 10.2 Å². The Morgan fingerprint density at radius 2 is 2.25 bits per heavy atom. The lowest BCUT2D eigenvalue weighted by molar-refractivity contribution is -0.135. The van der Waals surface area contributed by atoms with Crippen molar-refractivity contribution in [3.63, 3.8) is 0 Å². The molecule has 1 atom stereocenters. The van der Waals surface area contributed by atoms with E-state index in [1.165, 1.54) is 0 Å². The molecule has 24 heavy (non-hydrogen) atoms. The minimum absolute atomic E-state index is 0.0796. The van der Waals surface area contributed by atoms with Crippen molar-refractivity contribution in [1.29, 1.82) is 0 Å². The van der Waals surface area contributed by atoms with Gasteiger partial charge in [-0.3, -0.25) is 14.0 Å². The number of aromatic nitrogens is 5. The number of nitrogens with zero attached hydrogens (tertiary/aromatic N) is 5. The zero-order valence-electron chi connectivity index (χ0n) is 14.2. The number of hydrogen-bond acceptors (Lipinski definition) is 5. The Bertz CT molecular complexity index is 791. The normalized spacial score (nSPS) is 23.1. The SMILES string of the molecule is Cc1cc(CNC(=O)C2(C)COCc3nnc(C4CC4)n32)n(C)n1. The number of aryl methyl sites for hydroxylation is 2. The van der Waals surface area contributed by atoms with Gasteiger partial charge < -0.3 is 10.1 Å². The number of amides is 1. The highest BCUT2D eigenvalue weighted by Crippen LogP contribution is 2.41. The molecule has 0 aromatic carbocycles. The summed E-state index contributed by atoms with van der Waals surface area (Å²) in [5.41, 5.74) is 1.08. The number of fused-ring (bicyclic) bond motifs is 1. The van der Waals surface area contributed by atoms with Crippen LogP contribution in [0.15, 0.2) is 6.07 Å². The van der Waals surface area contributed by atoms with Gasteiger partial charge in [-0.25, -0.2) is 0 Å². The van der Waals surface area contributed by atoms with Crippen LogP contribution in [0.3, 0.4) is 0 Å². The van der Waals surface area contributed by atoms with Crippen LogP contribution in [0.5, 0.6) is 0 Å². The van der Waals surface area contributed by atoms with E-state index in [0.717, 1.165) is 35.9 Å². The van der Waals surface area contributed by atoms with Gasteiger partial charge in [-0.1, -0.05) is 0 Å². The highest BCUT2D eigenvalue weighted by Gasteiger charge is 2.45. The van der Waals surface area contributed by atoms with Gasteiger partial charge in [0.05, 0.1) is 24.5 Å². The van der Waals surface area contributed by atoms with E-state index < -0.39 is 5.54 Å². The third-order valence-corrected chi connectivity index (χ3v) is 4.82. The molecule has 4 rings (SSSR count). The first-order chi connectivity index (χ1) is 11.5. The lowest BCUT2D eigenvalue weighted by Gasteiger charge is -2.35. The molecule has 2 aromatic rings. The Labute approximate surface area is 140 Å². The van der Waals surface area contributed by atoms with Gasteiger partial charge in [0.2, 0.25) is 5.91 Å². The number of nitrogens with one attached hydrogen (secondary N) is 1. The fourth-order valence-corrected chi connectivity index (χ4v) is 3.33. The fraction of sp³-hybridized carbons (Fsp3) is 0.625. The van der Waals surface area contributed by atoms with Crippen molar-refractivity contribution in [2.24, 2.45) is 7.05 Å². The molecule has 0 spiro atoms. The molecule has 3 heterocycles. The average Bonchev–Trinajstić information content (AvgIpc) is 3.21. The lowest BCUT2D eigenvalue weighted by Crippen LogP contribution is -2.53. The minimum Gasteiger partial charge on any atom is -0.370 e. The zero-order valence-corrected chi connectivity index (χ0v) is 14.2. The van der Waals surface area contributed by atoms with E-state index in [2.05, 4.69) is 20.6 Å². The van der Waals surface area contributed by atoms with E-state index in [0.29, 0.717) is 25.7 Å². The molecule has 1 unspecified atom stereocenters. The average molecular weight is 330 g/mol. The number of carbonyl (C=O) groups is 1. The number of ether oxygens (including phenoxy) is 1. The van der Waals surface area contributed by atoms with Crippen LogP contribution < -0.4 is 5.32 Å². The van der Waals surface area contributed by atoms with Crippen LogP contribution in [0.2, 0.25) is 0 Å². The summed E-state index contributed by atoms with van der Waals surface area (Å²) < 4.78 is 9.41. The molecule has 1 saturated carbocycles. The molecular formula is C16H22N6O2. The maximum atomic E-state index is 13.0. The Hall–Kier alpha value is -2.22. The standard InChI is InChI=1S/C16H22N6O2/c1-10-6-12(21(3)20-10)7-17-15(23)16(2)9-24-8-13-18-19-14(22(13)16)11-4-5-11/h6,11H,4-5,7-9H2,1-3H3,(H,17,23). The summed E-state index contributed by atoms with van der Waals surface area (Å²) in [6.07, 6.45) is 2.23. The van der Waals surface area contributed by atoms with Crippen LogP contribution in [0.25, 0.3) is 0 Å². The zero-order chi connectivity index (χ0) is 16.9. The van der Waals surface area contributed by atoms with E-state index in [-0.39, 0.29) is 5.91 Å². The highest BCUT2D eigenvalue weighted by molar-refractivity contribution is 5.84. The van der Waals surface area contributed by atoms with Crippen LogP contribution in [0.1, 0.15) is 48.7 Å². The van der Waals surface area contributed by atoms with E-state index in [4.69, 9.17) is 4.74 Å². The number of carbonyl (C=O) groups excluding carboxylic acids is 1. The molecule has 2 aliphatic rings. The van der Waals surface area contributed by atoms with E-state index in [1.807, 2.05) is 31.5 Å². The fourth-order valence-electron chi connectivity index (χ4n) is 3.33. The maximum absolute atomic E-state index is 13.0. The molecule has 1 aliphatic carbocycles. The summed E-state index contributed by atoms with van der Waals surface area (Å²) in [5.74, 6) is 2.00. The quantitative estimate of drug-likeness (QED) is 0.894. The van der Waals surface area contributed by atoms with Crippen molar-refractivity contribution in [2.75, 3.05) is 6.61 Å². The molecule has 1 N–H and O–H groups in total. The minimum atomic E-state index is -0.817. The van der Waals surface area contributed by atoms with E-state index in [9.17, 15) is 4.79 Å². The second kappa shape index (κ2) is 5.41. The largest absolute Gasteiger partial charge is 0.370 e. The van der Waals surface area contributed by atoms with Crippen molar-refractivity contribution in [1.82, 2.24) is 29.9 Å². The molecule has 0 saturated heterocycles. The summed E-state index contributed by atoms with van der Waals surface area (Å²) in [7, 11) is 1.88. The first kappa shape index (κ1) is 15.3. The number of hydrogen-bond donors (Lipinski definition) is 1. The second-order valence-electron chi connectivity index (χ2n) is 6.93. The molecule has 1 amide bonds. The van der Waals surface area contributed by atoms with Crippen molar-refractivity contribution in [3.8, 4) is 0 Å². The van der Waals surface area contributed by atoms with Crippen molar-refractivity contribution in [2.45, 2.75) is 51.3 Å². The summed E-state index contributed by atoms with van der Waals surface area (Å²) >= 11 is 0. The third kappa shape index (κ3) is 2.41. The smallest absolute Gasteiger partial charge is 0.248 e. The van der Waals surface area contributed by atoms with Gasteiger partial charge in [0.25, 0.3) is 0 Å². The Kier molecular flexibility index (Phi) is 3.45. The molecular weight excluding hydrogens is 308 g/mol. The van der Waals surface area contributed by atoms with Crippen LogP contribution >= 0.6 is 0 Å². The monoisotopic (exact) mass is 330 g/mol. The van der Waals surface area contributed by atoms with Gasteiger partial charge >= 0.3 is 0 Å². The van der Waals surface area contributed by atoms with Gasteiger partial charge in [0.1, 0.15) is 18.0 Å². The van der Waals surface area contributed by atoms with Crippen LogP contribution in [0, 0.1) is 6.92 Å². The summed E-state index contributed by atoms with van der Waals surface area (Å²) in [5, 5.41) is 15.9. The molecule has 128 valence electrons. The topological polar surface area (TPSA) is 86.9 Å². The predicted octanol–water partition coefficient (Wildman–Crippen LogP) is 0.759. The van der Waals surface area contributed by atoms with E-state index in [1.54, 1.807) is 4.68 Å². The van der Waals surface area contributed by atoms with Gasteiger partial charge in [0, 0.05) is 13.0 Å². The van der Waals surface area contributed by atoms with Crippen molar-refractivity contribution in [3.05, 3.63) is 29.1 Å². The molecule has 8 heteroatoms. The van der Waals surface area contributed by atoms with E-state index >= 15 is 0 Å². The van der Waals surface area contributed by atoms with Crippen molar-refractivity contribution < 1.29 is 9.53 Å². The Morgan fingerprint density at radius 1 is 1.46 bits per heavy atom. The van der Waals surface area contributed by atoms with Gasteiger partial charge in [0.15, 0.2) is 5.82 Å².